The van der Waals surface area contributed by atoms with Gasteiger partial charge in [-0.1, -0.05) is 42.5 Å². The number of fused-ring (bicyclic) bond motifs is 1. The van der Waals surface area contributed by atoms with Crippen LogP contribution < -0.4 is 10.1 Å². The van der Waals surface area contributed by atoms with Crippen molar-refractivity contribution in [3.05, 3.63) is 53.6 Å². The van der Waals surface area contributed by atoms with Gasteiger partial charge in [0.05, 0.1) is 0 Å². The van der Waals surface area contributed by atoms with Gasteiger partial charge in [-0.25, -0.2) is 0 Å². The second kappa shape index (κ2) is 5.47. The molecular formula is C17H17NO2. The molecule has 0 atom stereocenters. The Kier molecular flexibility index (Phi) is 3.52. The van der Waals surface area contributed by atoms with E-state index in [-0.39, 0.29) is 5.78 Å². The van der Waals surface area contributed by atoms with Crippen molar-refractivity contribution in [1.82, 2.24) is 5.32 Å². The van der Waals surface area contributed by atoms with E-state index in [1.54, 1.807) is 6.92 Å². The van der Waals surface area contributed by atoms with Crippen molar-refractivity contribution < 1.29 is 9.53 Å². The molecule has 2 aromatic rings. The summed E-state index contributed by atoms with van der Waals surface area (Å²) in [5.41, 5.74) is 3.82. The van der Waals surface area contributed by atoms with E-state index in [0.717, 1.165) is 41.1 Å². The number of Topliss-reactive ketones (excluding diaryl/α,β-unsaturated/α-hetero) is 1. The van der Waals surface area contributed by atoms with E-state index in [0.29, 0.717) is 6.61 Å². The molecule has 1 aliphatic rings. The molecule has 3 rings (SSSR count). The fourth-order valence-electron chi connectivity index (χ4n) is 2.58. The van der Waals surface area contributed by atoms with Crippen LogP contribution in [0, 0.1) is 0 Å². The molecule has 0 radical (unpaired) electrons. The van der Waals surface area contributed by atoms with Gasteiger partial charge in [0.25, 0.3) is 0 Å². The molecular weight excluding hydrogens is 250 g/mol. The van der Waals surface area contributed by atoms with E-state index in [1.165, 1.54) is 0 Å². The lowest BCUT2D eigenvalue weighted by atomic mass is 9.95. The number of carbonyl (C=O) groups is 1. The highest BCUT2D eigenvalue weighted by Crippen LogP contribution is 2.36. The monoisotopic (exact) mass is 267 g/mol. The number of hydrogen-bond acceptors (Lipinski definition) is 3. The third-order valence-corrected chi connectivity index (χ3v) is 3.53. The minimum Gasteiger partial charge on any atom is -0.491 e. The summed E-state index contributed by atoms with van der Waals surface area (Å²) >= 11 is 0. The molecule has 3 nitrogen and oxygen atoms in total. The standard InChI is InChI=1S/C17H17NO2/c1-12(19)14-6-2-3-7-15(14)16-8-4-5-13-11-18-9-10-20-17(13)16/h2-8,18H,9-11H2,1H3. The van der Waals surface area contributed by atoms with E-state index in [4.69, 9.17) is 4.74 Å². The summed E-state index contributed by atoms with van der Waals surface area (Å²) in [6.45, 7) is 3.88. The van der Waals surface area contributed by atoms with Crippen LogP contribution in [0.1, 0.15) is 22.8 Å². The van der Waals surface area contributed by atoms with Crippen molar-refractivity contribution in [2.24, 2.45) is 0 Å². The molecule has 0 saturated heterocycles. The van der Waals surface area contributed by atoms with Gasteiger partial charge in [0.1, 0.15) is 12.4 Å². The second-order valence-electron chi connectivity index (χ2n) is 4.92. The molecule has 3 heteroatoms. The Morgan fingerprint density at radius 1 is 1.10 bits per heavy atom. The maximum atomic E-state index is 11.8. The van der Waals surface area contributed by atoms with E-state index in [2.05, 4.69) is 11.4 Å². The smallest absolute Gasteiger partial charge is 0.160 e. The van der Waals surface area contributed by atoms with Gasteiger partial charge >= 0.3 is 0 Å². The van der Waals surface area contributed by atoms with E-state index < -0.39 is 0 Å². The lowest BCUT2D eigenvalue weighted by molar-refractivity contribution is 0.101. The van der Waals surface area contributed by atoms with Gasteiger partial charge in [0.15, 0.2) is 5.78 Å². The highest BCUT2D eigenvalue weighted by Gasteiger charge is 2.17. The molecule has 1 heterocycles. The number of carbonyl (C=O) groups excluding carboxylic acids is 1. The third kappa shape index (κ3) is 2.32. The summed E-state index contributed by atoms with van der Waals surface area (Å²) in [5.74, 6) is 0.969. The maximum Gasteiger partial charge on any atom is 0.160 e. The Morgan fingerprint density at radius 3 is 2.75 bits per heavy atom. The fourth-order valence-corrected chi connectivity index (χ4v) is 2.58. The van der Waals surface area contributed by atoms with E-state index >= 15 is 0 Å². The second-order valence-corrected chi connectivity index (χ2v) is 4.92. The fraction of sp³-hybridized carbons (Fsp3) is 0.235. The molecule has 0 bridgehead atoms. The number of nitrogens with one attached hydrogen (secondary N) is 1. The zero-order valence-corrected chi connectivity index (χ0v) is 11.5. The van der Waals surface area contributed by atoms with Crippen molar-refractivity contribution in [1.29, 1.82) is 0 Å². The Bertz CT molecular complexity index is 649. The summed E-state index contributed by atoms with van der Waals surface area (Å²) in [6, 6.07) is 13.8. The first-order valence-electron chi connectivity index (χ1n) is 6.83. The first-order valence-corrected chi connectivity index (χ1v) is 6.83. The zero-order chi connectivity index (χ0) is 13.9. The zero-order valence-electron chi connectivity index (χ0n) is 11.5. The van der Waals surface area contributed by atoms with Crippen LogP contribution in [0.5, 0.6) is 5.75 Å². The molecule has 20 heavy (non-hydrogen) atoms. The molecule has 0 unspecified atom stereocenters. The molecule has 0 amide bonds. The van der Waals surface area contributed by atoms with Crippen molar-refractivity contribution >= 4 is 5.78 Å². The molecule has 0 aromatic heterocycles. The van der Waals surface area contributed by atoms with Gasteiger partial charge in [0.2, 0.25) is 0 Å². The SMILES string of the molecule is CC(=O)c1ccccc1-c1cccc2c1OCCNC2. The predicted molar refractivity (Wildman–Crippen MR) is 79.1 cm³/mol. The molecule has 0 spiro atoms. The van der Waals surface area contributed by atoms with Crippen molar-refractivity contribution in [2.45, 2.75) is 13.5 Å². The van der Waals surface area contributed by atoms with Crippen molar-refractivity contribution in [2.75, 3.05) is 13.2 Å². The lowest BCUT2D eigenvalue weighted by Crippen LogP contribution is -2.16. The van der Waals surface area contributed by atoms with E-state index in [9.17, 15) is 4.79 Å². The number of hydrogen-bond donors (Lipinski definition) is 1. The highest BCUT2D eigenvalue weighted by molar-refractivity contribution is 6.01. The highest BCUT2D eigenvalue weighted by atomic mass is 16.5. The lowest BCUT2D eigenvalue weighted by Gasteiger charge is -2.14. The van der Waals surface area contributed by atoms with Gasteiger partial charge in [-0.3, -0.25) is 4.79 Å². The number of para-hydroxylation sites is 1. The average Bonchev–Trinajstić information content (AvgIpc) is 2.72. The summed E-state index contributed by atoms with van der Waals surface area (Å²) in [5, 5.41) is 3.33. The van der Waals surface area contributed by atoms with Gasteiger partial charge in [-0.05, 0) is 12.5 Å². The van der Waals surface area contributed by atoms with Crippen LogP contribution in [-0.2, 0) is 6.54 Å². The normalized spacial score (nSPS) is 14.1. The van der Waals surface area contributed by atoms with Gasteiger partial charge in [0, 0.05) is 29.8 Å². The Hall–Kier alpha value is -2.13. The summed E-state index contributed by atoms with van der Waals surface area (Å²) < 4.78 is 5.89. The predicted octanol–water partition coefficient (Wildman–Crippen LogP) is 3.04. The van der Waals surface area contributed by atoms with Crippen LogP contribution in [-0.4, -0.2) is 18.9 Å². The van der Waals surface area contributed by atoms with Crippen LogP contribution in [0.15, 0.2) is 42.5 Å². The largest absolute Gasteiger partial charge is 0.491 e. The third-order valence-electron chi connectivity index (χ3n) is 3.53. The van der Waals surface area contributed by atoms with Crippen LogP contribution in [0.4, 0.5) is 0 Å². The maximum absolute atomic E-state index is 11.8. The first kappa shape index (κ1) is 12.9. The molecule has 1 aliphatic heterocycles. The topological polar surface area (TPSA) is 38.3 Å². The van der Waals surface area contributed by atoms with Gasteiger partial charge < -0.3 is 10.1 Å². The minimum atomic E-state index is 0.0740. The van der Waals surface area contributed by atoms with Crippen molar-refractivity contribution in [3.8, 4) is 16.9 Å². The Balaban J connectivity index is 2.18. The summed E-state index contributed by atoms with van der Waals surface area (Å²) in [7, 11) is 0. The van der Waals surface area contributed by atoms with Gasteiger partial charge in [-0.15, -0.1) is 0 Å². The Labute approximate surface area is 118 Å². The Morgan fingerprint density at radius 2 is 1.90 bits per heavy atom. The number of rotatable bonds is 2. The van der Waals surface area contributed by atoms with Crippen LogP contribution in [0.2, 0.25) is 0 Å². The van der Waals surface area contributed by atoms with Crippen molar-refractivity contribution in [3.63, 3.8) is 0 Å². The van der Waals surface area contributed by atoms with Crippen LogP contribution in [0.25, 0.3) is 11.1 Å². The molecule has 102 valence electrons. The van der Waals surface area contributed by atoms with E-state index in [1.807, 2.05) is 36.4 Å². The molecule has 0 saturated carbocycles. The number of benzene rings is 2. The molecule has 0 fully saturated rings. The quantitative estimate of drug-likeness (QED) is 0.850. The summed E-state index contributed by atoms with van der Waals surface area (Å²) in [4.78, 5) is 11.8. The number of ether oxygens (including phenoxy) is 1. The molecule has 0 aliphatic carbocycles. The number of ketones is 1. The van der Waals surface area contributed by atoms with Crippen LogP contribution in [0.3, 0.4) is 0 Å². The molecule has 1 N–H and O–H groups in total. The molecule has 2 aromatic carbocycles. The van der Waals surface area contributed by atoms with Gasteiger partial charge in [-0.2, -0.15) is 0 Å². The minimum absolute atomic E-state index is 0.0740. The van der Waals surface area contributed by atoms with Crippen LogP contribution >= 0.6 is 0 Å². The summed E-state index contributed by atoms with van der Waals surface area (Å²) in [6.07, 6.45) is 0. The first-order chi connectivity index (χ1) is 9.77. The average molecular weight is 267 g/mol.